The number of benzene rings is 3. The molecule has 6 rings (SSSR count). The van der Waals surface area contributed by atoms with Crippen LogP contribution in [0.4, 0.5) is 15.8 Å². The van der Waals surface area contributed by atoms with Crippen molar-refractivity contribution in [2.24, 2.45) is 0 Å². The van der Waals surface area contributed by atoms with Gasteiger partial charge >= 0.3 is 0 Å². The van der Waals surface area contributed by atoms with Crippen molar-refractivity contribution in [1.29, 1.82) is 0 Å². The minimum atomic E-state index is -0.443. The molecule has 3 heterocycles. The average molecular weight is 559 g/mol. The van der Waals surface area contributed by atoms with Crippen LogP contribution in [-0.2, 0) is 0 Å². The second kappa shape index (κ2) is 11.5. The highest BCUT2D eigenvalue weighted by Crippen LogP contribution is 2.33. The van der Waals surface area contributed by atoms with E-state index in [4.69, 9.17) is 9.47 Å². The Balaban J connectivity index is 1.21. The number of ether oxygens (including phenoxy) is 2. The van der Waals surface area contributed by atoms with Crippen LogP contribution in [0.25, 0.3) is 0 Å². The molecule has 41 heavy (non-hydrogen) atoms. The van der Waals surface area contributed by atoms with Crippen molar-refractivity contribution in [2.75, 3.05) is 56.3 Å². The van der Waals surface area contributed by atoms with Crippen molar-refractivity contribution >= 4 is 29.1 Å². The molecule has 3 aromatic rings. The van der Waals surface area contributed by atoms with E-state index >= 15 is 0 Å². The maximum atomic E-state index is 13.7. The predicted octanol–water partition coefficient (Wildman–Crippen LogP) is 4.40. The first-order valence-corrected chi connectivity index (χ1v) is 13.9. The lowest BCUT2D eigenvalue weighted by molar-refractivity contribution is 0.0718. The van der Waals surface area contributed by atoms with E-state index < -0.39 is 5.82 Å². The van der Waals surface area contributed by atoms with Crippen LogP contribution >= 0.6 is 0 Å². The van der Waals surface area contributed by atoms with Crippen molar-refractivity contribution in [1.82, 2.24) is 9.80 Å². The number of fused-ring (bicyclic) bond motifs is 1. The van der Waals surface area contributed by atoms with E-state index in [-0.39, 0.29) is 24.5 Å². The van der Waals surface area contributed by atoms with Crippen molar-refractivity contribution in [3.63, 3.8) is 0 Å². The third kappa shape index (κ3) is 5.68. The van der Waals surface area contributed by atoms with Crippen molar-refractivity contribution in [2.45, 2.75) is 19.3 Å². The molecule has 0 unspecified atom stereocenters. The summed E-state index contributed by atoms with van der Waals surface area (Å²) in [7, 11) is 0. The maximum absolute atomic E-state index is 13.7. The molecule has 3 aliphatic heterocycles. The zero-order chi connectivity index (χ0) is 28.3. The number of piperidine rings is 1. The van der Waals surface area contributed by atoms with Gasteiger partial charge in [-0.15, -0.1) is 0 Å². The number of carbonyl (C=O) groups excluding carboxylic acids is 3. The van der Waals surface area contributed by atoms with Gasteiger partial charge < -0.3 is 29.5 Å². The summed E-state index contributed by atoms with van der Waals surface area (Å²) in [6.07, 6.45) is 3.02. The van der Waals surface area contributed by atoms with Crippen LogP contribution < -0.4 is 19.7 Å². The van der Waals surface area contributed by atoms with Crippen LogP contribution in [0.2, 0.25) is 0 Å². The Morgan fingerprint density at radius 2 is 1.46 bits per heavy atom. The molecule has 0 aromatic heterocycles. The minimum Gasteiger partial charge on any atom is -0.454 e. The van der Waals surface area contributed by atoms with E-state index in [0.717, 1.165) is 24.9 Å². The monoisotopic (exact) mass is 558 g/mol. The number of nitrogens with zero attached hydrogens (tertiary/aromatic N) is 3. The fraction of sp³-hybridized carbons (Fsp3) is 0.323. The Kier molecular flexibility index (Phi) is 7.45. The van der Waals surface area contributed by atoms with Gasteiger partial charge in [-0.25, -0.2) is 4.39 Å². The van der Waals surface area contributed by atoms with Gasteiger partial charge in [-0.2, -0.15) is 0 Å². The van der Waals surface area contributed by atoms with E-state index in [1.165, 1.54) is 18.2 Å². The quantitative estimate of drug-likeness (QED) is 0.500. The standard InChI is InChI=1S/C31H31FN4O5/c32-23-6-4-5-22(17-23)30(38)36-15-13-34(14-16-36)26-9-8-24(19-25(26)31(39)35-11-2-1-3-12-35)33-29(37)21-7-10-27-28(18-21)41-20-40-27/h4-10,17-19H,1-3,11-16,20H2,(H,33,37). The molecule has 0 atom stereocenters. The first kappa shape index (κ1) is 26.6. The zero-order valence-corrected chi connectivity index (χ0v) is 22.6. The lowest BCUT2D eigenvalue weighted by atomic mass is 10.0. The summed E-state index contributed by atoms with van der Waals surface area (Å²) < 4.78 is 24.4. The van der Waals surface area contributed by atoms with E-state index in [9.17, 15) is 18.8 Å². The van der Waals surface area contributed by atoms with E-state index in [2.05, 4.69) is 10.2 Å². The summed E-state index contributed by atoms with van der Waals surface area (Å²) in [6, 6.07) is 16.1. The Labute approximate surface area is 237 Å². The number of hydrogen-bond donors (Lipinski definition) is 1. The second-order valence-corrected chi connectivity index (χ2v) is 10.4. The number of nitrogens with one attached hydrogen (secondary N) is 1. The Morgan fingerprint density at radius 3 is 2.24 bits per heavy atom. The molecular weight excluding hydrogens is 527 g/mol. The number of rotatable bonds is 5. The molecule has 1 N–H and O–H groups in total. The fourth-order valence-corrected chi connectivity index (χ4v) is 5.52. The zero-order valence-electron chi connectivity index (χ0n) is 22.6. The summed E-state index contributed by atoms with van der Waals surface area (Å²) in [4.78, 5) is 45.4. The van der Waals surface area contributed by atoms with Gasteiger partial charge in [-0.3, -0.25) is 14.4 Å². The summed E-state index contributed by atoms with van der Waals surface area (Å²) in [5.74, 6) is 0.0625. The van der Waals surface area contributed by atoms with Crippen LogP contribution in [0.5, 0.6) is 11.5 Å². The molecule has 2 fully saturated rings. The number of likely N-dealkylation sites (tertiary alicyclic amines) is 1. The number of anilines is 2. The van der Waals surface area contributed by atoms with E-state index in [1.54, 1.807) is 41.3 Å². The lowest BCUT2D eigenvalue weighted by Crippen LogP contribution is -2.49. The first-order chi connectivity index (χ1) is 20.0. The topological polar surface area (TPSA) is 91.4 Å². The van der Waals surface area contributed by atoms with Crippen LogP contribution in [-0.4, -0.2) is 73.6 Å². The van der Waals surface area contributed by atoms with Crippen LogP contribution in [0.15, 0.2) is 60.7 Å². The number of hydrogen-bond acceptors (Lipinski definition) is 6. The highest BCUT2D eigenvalue weighted by molar-refractivity contribution is 6.06. The van der Waals surface area contributed by atoms with Gasteiger partial charge in [0.15, 0.2) is 11.5 Å². The third-order valence-corrected chi connectivity index (χ3v) is 7.74. The molecule has 0 spiro atoms. The van der Waals surface area contributed by atoms with Crippen molar-refractivity contribution < 1.29 is 28.2 Å². The highest BCUT2D eigenvalue weighted by Gasteiger charge is 2.28. The smallest absolute Gasteiger partial charge is 0.256 e. The molecule has 0 radical (unpaired) electrons. The summed E-state index contributed by atoms with van der Waals surface area (Å²) >= 11 is 0. The normalized spacial score (nSPS) is 16.5. The number of carbonyl (C=O) groups is 3. The maximum Gasteiger partial charge on any atom is 0.256 e. The second-order valence-electron chi connectivity index (χ2n) is 10.4. The van der Waals surface area contributed by atoms with E-state index in [1.807, 2.05) is 11.0 Å². The van der Waals surface area contributed by atoms with E-state index in [0.29, 0.717) is 73.1 Å². The molecule has 10 heteroatoms. The molecule has 3 aromatic carbocycles. The molecular formula is C31H31FN4O5. The van der Waals surface area contributed by atoms with Gasteiger partial charge in [-0.05, 0) is 73.9 Å². The van der Waals surface area contributed by atoms with Crippen molar-refractivity contribution in [3.8, 4) is 11.5 Å². The SMILES string of the molecule is O=C(Nc1ccc(N2CCN(C(=O)c3cccc(F)c3)CC2)c(C(=O)N2CCCCC2)c1)c1ccc2c(c1)OCO2. The molecule has 3 aliphatic rings. The van der Waals surface area contributed by atoms with Crippen LogP contribution in [0, 0.1) is 5.82 Å². The third-order valence-electron chi connectivity index (χ3n) is 7.74. The average Bonchev–Trinajstić information content (AvgIpc) is 3.49. The van der Waals surface area contributed by atoms with Gasteiger partial charge in [0.1, 0.15) is 5.82 Å². The first-order valence-electron chi connectivity index (χ1n) is 13.9. The largest absolute Gasteiger partial charge is 0.454 e. The number of halogens is 1. The molecule has 212 valence electrons. The van der Waals surface area contributed by atoms with Crippen LogP contribution in [0.3, 0.4) is 0 Å². The molecule has 9 nitrogen and oxygen atoms in total. The molecule has 3 amide bonds. The Hall–Kier alpha value is -4.60. The van der Waals surface area contributed by atoms with Crippen LogP contribution in [0.1, 0.15) is 50.3 Å². The Morgan fingerprint density at radius 1 is 0.707 bits per heavy atom. The molecule has 0 aliphatic carbocycles. The van der Waals surface area contributed by atoms with Crippen molar-refractivity contribution in [3.05, 3.63) is 83.2 Å². The summed E-state index contributed by atoms with van der Waals surface area (Å²) in [5, 5.41) is 2.91. The molecule has 0 saturated carbocycles. The van der Waals surface area contributed by atoms with Gasteiger partial charge in [0, 0.05) is 61.8 Å². The molecule has 2 saturated heterocycles. The summed E-state index contributed by atoms with van der Waals surface area (Å²) in [5.41, 5.74) is 2.53. The minimum absolute atomic E-state index is 0.0721. The van der Waals surface area contributed by atoms with Gasteiger partial charge in [0.05, 0.1) is 5.56 Å². The van der Waals surface area contributed by atoms with Gasteiger partial charge in [-0.1, -0.05) is 6.07 Å². The predicted molar refractivity (Wildman–Crippen MR) is 151 cm³/mol. The van der Waals surface area contributed by atoms with Gasteiger partial charge in [0.25, 0.3) is 17.7 Å². The number of amides is 3. The van der Waals surface area contributed by atoms with Gasteiger partial charge in [0.2, 0.25) is 6.79 Å². The molecule has 0 bridgehead atoms. The highest BCUT2D eigenvalue weighted by atomic mass is 19.1. The summed E-state index contributed by atoms with van der Waals surface area (Å²) in [6.45, 7) is 3.43. The lowest BCUT2D eigenvalue weighted by Gasteiger charge is -2.37. The Bertz CT molecular complexity index is 1480. The number of piperazine rings is 1. The fourth-order valence-electron chi connectivity index (χ4n) is 5.52.